The van der Waals surface area contributed by atoms with Crippen molar-refractivity contribution in [3.05, 3.63) is 35.4 Å². The van der Waals surface area contributed by atoms with Crippen LogP contribution in [-0.4, -0.2) is 30.0 Å². The van der Waals surface area contributed by atoms with Gasteiger partial charge in [-0.15, -0.1) is 0 Å². The standard InChI is InChI=1S/C17H23NO3/c1-17(2,3)21-16(20)18-11-5-4-7-14-8-6-9-15(13-14)10-12-19/h6,8-9,13,19H,5,10-12H2,1-3H3,(H,18,20). The molecule has 0 atom stereocenters. The average Bonchev–Trinajstić information content (AvgIpc) is 2.37. The van der Waals surface area contributed by atoms with Crippen molar-refractivity contribution in [1.29, 1.82) is 0 Å². The molecule has 0 unspecified atom stereocenters. The van der Waals surface area contributed by atoms with Gasteiger partial charge in [0.2, 0.25) is 0 Å². The highest BCUT2D eigenvalue weighted by Gasteiger charge is 2.15. The predicted octanol–water partition coefficient (Wildman–Crippen LogP) is 2.49. The molecular weight excluding hydrogens is 266 g/mol. The number of benzene rings is 1. The lowest BCUT2D eigenvalue weighted by Gasteiger charge is -2.19. The van der Waals surface area contributed by atoms with Crippen LogP contribution in [0.1, 0.15) is 38.3 Å². The molecule has 1 aromatic rings. The lowest BCUT2D eigenvalue weighted by Crippen LogP contribution is -2.32. The summed E-state index contributed by atoms with van der Waals surface area (Å²) >= 11 is 0. The Morgan fingerprint density at radius 1 is 1.38 bits per heavy atom. The topological polar surface area (TPSA) is 58.6 Å². The van der Waals surface area contributed by atoms with E-state index in [1.165, 1.54) is 0 Å². The van der Waals surface area contributed by atoms with Gasteiger partial charge in [0.1, 0.15) is 5.60 Å². The number of aliphatic hydroxyl groups is 1. The van der Waals surface area contributed by atoms with Gasteiger partial charge in [-0.1, -0.05) is 24.0 Å². The summed E-state index contributed by atoms with van der Waals surface area (Å²) in [5.74, 6) is 6.05. The fourth-order valence-corrected chi connectivity index (χ4v) is 1.64. The Balaban J connectivity index is 2.36. The van der Waals surface area contributed by atoms with Crippen LogP contribution in [-0.2, 0) is 11.2 Å². The second-order valence-electron chi connectivity index (χ2n) is 5.65. The van der Waals surface area contributed by atoms with E-state index in [1.54, 1.807) is 0 Å². The average molecular weight is 289 g/mol. The summed E-state index contributed by atoms with van der Waals surface area (Å²) < 4.78 is 5.12. The first-order valence-corrected chi connectivity index (χ1v) is 7.06. The third kappa shape index (κ3) is 8.01. The Morgan fingerprint density at radius 2 is 2.14 bits per heavy atom. The summed E-state index contributed by atoms with van der Waals surface area (Å²) in [6, 6.07) is 7.78. The summed E-state index contributed by atoms with van der Waals surface area (Å²) in [5, 5.41) is 11.6. The third-order valence-corrected chi connectivity index (χ3v) is 2.48. The van der Waals surface area contributed by atoms with Crippen LogP contribution in [0.4, 0.5) is 4.79 Å². The summed E-state index contributed by atoms with van der Waals surface area (Å²) in [6.45, 7) is 6.07. The van der Waals surface area contributed by atoms with E-state index in [1.807, 2.05) is 45.0 Å². The summed E-state index contributed by atoms with van der Waals surface area (Å²) in [5.41, 5.74) is 1.50. The van der Waals surface area contributed by atoms with Gasteiger partial charge in [-0.05, 0) is 44.9 Å². The SMILES string of the molecule is CC(C)(C)OC(=O)NCCC#Cc1cccc(CCO)c1. The van der Waals surface area contributed by atoms with Gasteiger partial charge in [0.05, 0.1) is 0 Å². The van der Waals surface area contributed by atoms with E-state index in [2.05, 4.69) is 17.2 Å². The molecule has 1 rings (SSSR count). The number of ether oxygens (including phenoxy) is 1. The maximum absolute atomic E-state index is 11.4. The van der Waals surface area contributed by atoms with Crippen LogP contribution < -0.4 is 5.32 Å². The Labute approximate surface area is 126 Å². The molecule has 0 aliphatic rings. The Morgan fingerprint density at radius 3 is 2.81 bits per heavy atom. The fourth-order valence-electron chi connectivity index (χ4n) is 1.64. The molecule has 1 aromatic carbocycles. The van der Waals surface area contributed by atoms with Gasteiger partial charge in [-0.25, -0.2) is 4.79 Å². The molecule has 0 bridgehead atoms. The van der Waals surface area contributed by atoms with Crippen LogP contribution in [0.25, 0.3) is 0 Å². The fraction of sp³-hybridized carbons (Fsp3) is 0.471. The predicted molar refractivity (Wildman–Crippen MR) is 83.0 cm³/mol. The van der Waals surface area contributed by atoms with Crippen LogP contribution in [0.3, 0.4) is 0 Å². The number of nitrogens with one attached hydrogen (secondary N) is 1. The zero-order valence-corrected chi connectivity index (χ0v) is 12.9. The van der Waals surface area contributed by atoms with Crippen molar-refractivity contribution >= 4 is 6.09 Å². The smallest absolute Gasteiger partial charge is 0.407 e. The number of alkyl carbamates (subject to hydrolysis) is 1. The van der Waals surface area contributed by atoms with Crippen molar-refractivity contribution in [3.63, 3.8) is 0 Å². The van der Waals surface area contributed by atoms with Crippen molar-refractivity contribution in [2.75, 3.05) is 13.2 Å². The minimum Gasteiger partial charge on any atom is -0.444 e. The monoisotopic (exact) mass is 289 g/mol. The minimum absolute atomic E-state index is 0.136. The number of hydrogen-bond acceptors (Lipinski definition) is 3. The van der Waals surface area contributed by atoms with Crippen LogP contribution in [0, 0.1) is 11.8 Å². The van der Waals surface area contributed by atoms with Gasteiger partial charge in [0.25, 0.3) is 0 Å². The maximum Gasteiger partial charge on any atom is 0.407 e. The van der Waals surface area contributed by atoms with E-state index < -0.39 is 11.7 Å². The molecule has 0 aliphatic heterocycles. The first-order valence-electron chi connectivity index (χ1n) is 7.06. The van der Waals surface area contributed by atoms with Crippen molar-refractivity contribution in [2.24, 2.45) is 0 Å². The molecule has 1 amide bonds. The highest BCUT2D eigenvalue weighted by molar-refractivity contribution is 5.67. The normalized spacial score (nSPS) is 10.5. The molecule has 0 radical (unpaired) electrons. The molecule has 0 heterocycles. The minimum atomic E-state index is -0.483. The van der Waals surface area contributed by atoms with Gasteiger partial charge in [0, 0.05) is 25.1 Å². The first kappa shape index (κ1) is 17.1. The van der Waals surface area contributed by atoms with Crippen LogP contribution in [0.15, 0.2) is 24.3 Å². The number of amides is 1. The number of aliphatic hydroxyl groups excluding tert-OH is 1. The van der Waals surface area contributed by atoms with Crippen molar-refractivity contribution in [2.45, 2.75) is 39.2 Å². The number of carbonyl (C=O) groups is 1. The van der Waals surface area contributed by atoms with Crippen LogP contribution >= 0.6 is 0 Å². The molecule has 0 spiro atoms. The number of hydrogen-bond donors (Lipinski definition) is 2. The quantitative estimate of drug-likeness (QED) is 0.661. The zero-order chi connectivity index (χ0) is 15.7. The van der Waals surface area contributed by atoms with Gasteiger partial charge in [-0.2, -0.15) is 0 Å². The molecule has 0 fully saturated rings. The summed E-state index contributed by atoms with van der Waals surface area (Å²) in [6.07, 6.45) is 0.772. The largest absolute Gasteiger partial charge is 0.444 e. The molecule has 114 valence electrons. The molecule has 4 heteroatoms. The van der Waals surface area contributed by atoms with E-state index in [0.717, 1.165) is 11.1 Å². The van der Waals surface area contributed by atoms with Crippen molar-refractivity contribution in [3.8, 4) is 11.8 Å². The molecule has 21 heavy (non-hydrogen) atoms. The lowest BCUT2D eigenvalue weighted by molar-refractivity contribution is 0.0529. The molecule has 2 N–H and O–H groups in total. The van der Waals surface area contributed by atoms with Crippen LogP contribution in [0.2, 0.25) is 0 Å². The lowest BCUT2D eigenvalue weighted by atomic mass is 10.1. The maximum atomic E-state index is 11.4. The molecule has 0 aromatic heterocycles. The Bertz CT molecular complexity index is 521. The Kier molecular flexibility index (Phi) is 6.77. The van der Waals surface area contributed by atoms with E-state index in [4.69, 9.17) is 9.84 Å². The van der Waals surface area contributed by atoms with Gasteiger partial charge >= 0.3 is 6.09 Å². The van der Waals surface area contributed by atoms with E-state index >= 15 is 0 Å². The van der Waals surface area contributed by atoms with Gasteiger partial charge in [-0.3, -0.25) is 0 Å². The molecule has 0 saturated carbocycles. The first-order chi connectivity index (χ1) is 9.90. The second-order valence-corrected chi connectivity index (χ2v) is 5.65. The number of rotatable bonds is 4. The third-order valence-electron chi connectivity index (χ3n) is 2.48. The van der Waals surface area contributed by atoms with E-state index in [0.29, 0.717) is 19.4 Å². The summed E-state index contributed by atoms with van der Waals surface area (Å²) in [4.78, 5) is 11.4. The van der Waals surface area contributed by atoms with E-state index in [-0.39, 0.29) is 6.61 Å². The second kappa shape index (κ2) is 8.33. The van der Waals surface area contributed by atoms with Crippen LogP contribution in [0.5, 0.6) is 0 Å². The van der Waals surface area contributed by atoms with Gasteiger partial charge < -0.3 is 15.2 Å². The van der Waals surface area contributed by atoms with Crippen molar-refractivity contribution < 1.29 is 14.6 Å². The van der Waals surface area contributed by atoms with Crippen molar-refractivity contribution in [1.82, 2.24) is 5.32 Å². The van der Waals surface area contributed by atoms with Gasteiger partial charge in [0.15, 0.2) is 0 Å². The molecular formula is C17H23NO3. The zero-order valence-electron chi connectivity index (χ0n) is 12.9. The molecule has 4 nitrogen and oxygen atoms in total. The highest BCUT2D eigenvalue weighted by Crippen LogP contribution is 2.06. The molecule has 0 saturated heterocycles. The Hall–Kier alpha value is -1.99. The highest BCUT2D eigenvalue weighted by atomic mass is 16.6. The summed E-state index contributed by atoms with van der Waals surface area (Å²) in [7, 11) is 0. The van der Waals surface area contributed by atoms with E-state index in [9.17, 15) is 4.79 Å². The number of carbonyl (C=O) groups excluding carboxylic acids is 1. The molecule has 0 aliphatic carbocycles.